The molecule has 1 aliphatic rings. The molecule has 1 amide bonds. The third-order valence-electron chi connectivity index (χ3n) is 5.97. The van der Waals surface area contributed by atoms with Crippen LogP contribution in [0, 0.1) is 0 Å². The molecule has 1 atom stereocenters. The second-order valence-electron chi connectivity index (χ2n) is 8.50. The molecule has 1 unspecified atom stereocenters. The second-order valence-corrected chi connectivity index (χ2v) is 9.41. The Labute approximate surface area is 213 Å². The zero-order chi connectivity index (χ0) is 25.1. The molecule has 1 heterocycles. The zero-order valence-electron chi connectivity index (χ0n) is 19.9. The number of nitrogens with zero attached hydrogens (tertiary/aromatic N) is 2. The average molecular weight is 535 g/mol. The van der Waals surface area contributed by atoms with Gasteiger partial charge in [0.1, 0.15) is 11.5 Å². The van der Waals surface area contributed by atoms with Gasteiger partial charge in [-0.2, -0.15) is 0 Å². The van der Waals surface area contributed by atoms with Crippen molar-refractivity contribution in [3.63, 3.8) is 0 Å². The molecule has 3 aromatic rings. The molecule has 0 saturated carbocycles. The fourth-order valence-electron chi connectivity index (χ4n) is 4.16. The summed E-state index contributed by atoms with van der Waals surface area (Å²) < 4.78 is 6.36. The summed E-state index contributed by atoms with van der Waals surface area (Å²) in [6.07, 6.45) is 0. The molecule has 0 radical (unpaired) electrons. The van der Waals surface area contributed by atoms with Gasteiger partial charge in [0.25, 0.3) is 11.7 Å². The van der Waals surface area contributed by atoms with Gasteiger partial charge in [-0.3, -0.25) is 9.59 Å². The van der Waals surface area contributed by atoms with Gasteiger partial charge in [0.15, 0.2) is 0 Å². The van der Waals surface area contributed by atoms with Crippen molar-refractivity contribution in [1.29, 1.82) is 0 Å². The SMILES string of the molecule is CCOc1ccc(CN2C(=O)C(=O)/C(=C(\O)c3ccc(Br)cc3)C2c2ccc(N(C)C)cc2)cc1. The number of likely N-dealkylation sites (tertiary alicyclic amines) is 1. The van der Waals surface area contributed by atoms with Gasteiger partial charge < -0.3 is 19.6 Å². The molecular formula is C28H27BrN2O4. The van der Waals surface area contributed by atoms with E-state index in [9.17, 15) is 14.7 Å². The maximum atomic E-state index is 13.2. The number of aliphatic hydroxyl groups excluding tert-OH is 1. The van der Waals surface area contributed by atoms with Crippen molar-refractivity contribution >= 4 is 39.1 Å². The van der Waals surface area contributed by atoms with Crippen LogP contribution in [0.3, 0.4) is 0 Å². The number of amides is 1. The molecule has 1 aliphatic heterocycles. The number of halogens is 1. The molecule has 6 nitrogen and oxygen atoms in total. The molecule has 0 aliphatic carbocycles. The molecule has 180 valence electrons. The van der Waals surface area contributed by atoms with Gasteiger partial charge in [-0.15, -0.1) is 0 Å². The van der Waals surface area contributed by atoms with Crippen LogP contribution in [-0.4, -0.2) is 42.4 Å². The number of carbonyl (C=O) groups is 2. The monoisotopic (exact) mass is 534 g/mol. The summed E-state index contributed by atoms with van der Waals surface area (Å²) in [4.78, 5) is 30.0. The Morgan fingerprint density at radius 1 is 0.971 bits per heavy atom. The fourth-order valence-corrected chi connectivity index (χ4v) is 4.43. The maximum absolute atomic E-state index is 13.2. The molecule has 0 aromatic heterocycles. The summed E-state index contributed by atoms with van der Waals surface area (Å²) in [5.41, 5.74) is 3.15. The van der Waals surface area contributed by atoms with E-state index in [0.717, 1.165) is 27.0 Å². The Bertz CT molecular complexity index is 1250. The quantitative estimate of drug-likeness (QED) is 0.245. The first-order valence-electron chi connectivity index (χ1n) is 11.3. The first kappa shape index (κ1) is 24.5. The minimum Gasteiger partial charge on any atom is -0.507 e. The van der Waals surface area contributed by atoms with Gasteiger partial charge in [0.2, 0.25) is 0 Å². The van der Waals surface area contributed by atoms with Crippen LogP contribution >= 0.6 is 15.9 Å². The summed E-state index contributed by atoms with van der Waals surface area (Å²) in [7, 11) is 3.89. The molecule has 4 rings (SSSR count). The summed E-state index contributed by atoms with van der Waals surface area (Å²) in [5, 5.41) is 11.2. The lowest BCUT2D eigenvalue weighted by Gasteiger charge is -2.26. The molecule has 0 spiro atoms. The van der Waals surface area contributed by atoms with Crippen LogP contribution in [0.25, 0.3) is 5.76 Å². The van der Waals surface area contributed by atoms with E-state index in [2.05, 4.69) is 15.9 Å². The van der Waals surface area contributed by atoms with Crippen LogP contribution in [0.4, 0.5) is 5.69 Å². The van der Waals surface area contributed by atoms with Crippen LogP contribution in [0.1, 0.15) is 29.7 Å². The van der Waals surface area contributed by atoms with Crippen molar-refractivity contribution in [3.05, 3.63) is 99.5 Å². The number of aliphatic hydroxyl groups is 1. The van der Waals surface area contributed by atoms with Gasteiger partial charge in [0.05, 0.1) is 18.2 Å². The lowest BCUT2D eigenvalue weighted by Crippen LogP contribution is -2.29. The number of benzene rings is 3. The van der Waals surface area contributed by atoms with Gasteiger partial charge >= 0.3 is 0 Å². The Balaban J connectivity index is 1.79. The highest BCUT2D eigenvalue weighted by atomic mass is 79.9. The first-order valence-corrected chi connectivity index (χ1v) is 12.1. The Kier molecular flexibility index (Phi) is 7.26. The Morgan fingerprint density at radius 2 is 1.60 bits per heavy atom. The standard InChI is InChI=1S/C28H27BrN2O4/c1-4-35-23-15-5-18(6-16-23)17-31-25(19-9-13-22(14-10-19)30(2)3)24(27(33)28(31)34)26(32)20-7-11-21(29)12-8-20/h5-16,25,32H,4,17H2,1-3H3/b26-24-. The van der Waals surface area contributed by atoms with E-state index in [1.807, 2.05) is 74.4 Å². The van der Waals surface area contributed by atoms with Crippen LogP contribution in [0.15, 0.2) is 82.8 Å². The number of hydrogen-bond donors (Lipinski definition) is 1. The molecule has 1 fully saturated rings. The maximum Gasteiger partial charge on any atom is 0.295 e. The van der Waals surface area contributed by atoms with Crippen molar-refractivity contribution in [3.8, 4) is 5.75 Å². The highest BCUT2D eigenvalue weighted by Crippen LogP contribution is 2.40. The van der Waals surface area contributed by atoms with Crippen LogP contribution < -0.4 is 9.64 Å². The fraction of sp³-hybridized carbons (Fsp3) is 0.214. The number of anilines is 1. The zero-order valence-corrected chi connectivity index (χ0v) is 21.5. The third-order valence-corrected chi connectivity index (χ3v) is 6.50. The minimum absolute atomic E-state index is 0.0841. The number of ketones is 1. The first-order chi connectivity index (χ1) is 16.8. The Morgan fingerprint density at radius 3 is 2.17 bits per heavy atom. The van der Waals surface area contributed by atoms with Gasteiger partial charge in [-0.1, -0.05) is 52.3 Å². The predicted octanol–water partition coefficient (Wildman–Crippen LogP) is 5.54. The third kappa shape index (κ3) is 5.10. The number of carbonyl (C=O) groups excluding carboxylic acids is 2. The number of rotatable bonds is 7. The number of ether oxygens (including phenoxy) is 1. The smallest absolute Gasteiger partial charge is 0.295 e. The topological polar surface area (TPSA) is 70.1 Å². The Hall–Kier alpha value is -3.58. The second kappa shape index (κ2) is 10.4. The van der Waals surface area contributed by atoms with E-state index >= 15 is 0 Å². The van der Waals surface area contributed by atoms with E-state index in [-0.39, 0.29) is 17.9 Å². The summed E-state index contributed by atoms with van der Waals surface area (Å²) in [6.45, 7) is 2.70. The largest absolute Gasteiger partial charge is 0.507 e. The van der Waals surface area contributed by atoms with E-state index in [0.29, 0.717) is 12.2 Å². The van der Waals surface area contributed by atoms with Crippen LogP contribution in [-0.2, 0) is 16.1 Å². The molecule has 1 saturated heterocycles. The van der Waals surface area contributed by atoms with E-state index in [4.69, 9.17) is 4.74 Å². The van der Waals surface area contributed by atoms with Gasteiger partial charge in [-0.05, 0) is 54.4 Å². The summed E-state index contributed by atoms with van der Waals surface area (Å²) >= 11 is 3.39. The van der Waals surface area contributed by atoms with E-state index in [1.54, 1.807) is 24.3 Å². The highest BCUT2D eigenvalue weighted by Gasteiger charge is 2.46. The molecule has 7 heteroatoms. The summed E-state index contributed by atoms with van der Waals surface area (Å²) in [5.74, 6) is -0.784. The van der Waals surface area contributed by atoms with Crippen LogP contribution in [0.2, 0.25) is 0 Å². The average Bonchev–Trinajstić information content (AvgIpc) is 3.10. The van der Waals surface area contributed by atoms with Gasteiger partial charge in [0, 0.05) is 36.4 Å². The van der Waals surface area contributed by atoms with E-state index < -0.39 is 17.7 Å². The van der Waals surface area contributed by atoms with Crippen molar-refractivity contribution in [2.45, 2.75) is 19.5 Å². The summed E-state index contributed by atoms with van der Waals surface area (Å²) in [6, 6.07) is 21.4. The predicted molar refractivity (Wildman–Crippen MR) is 140 cm³/mol. The van der Waals surface area contributed by atoms with Crippen LogP contribution in [0.5, 0.6) is 5.75 Å². The highest BCUT2D eigenvalue weighted by molar-refractivity contribution is 9.10. The van der Waals surface area contributed by atoms with Crippen molar-refractivity contribution in [2.24, 2.45) is 0 Å². The molecule has 3 aromatic carbocycles. The van der Waals surface area contributed by atoms with Gasteiger partial charge in [-0.25, -0.2) is 0 Å². The van der Waals surface area contributed by atoms with Crippen molar-refractivity contribution in [1.82, 2.24) is 4.90 Å². The molecular weight excluding hydrogens is 508 g/mol. The van der Waals surface area contributed by atoms with E-state index in [1.165, 1.54) is 4.90 Å². The molecule has 1 N–H and O–H groups in total. The number of Topliss-reactive ketones (excluding diaryl/α,β-unsaturated/α-hetero) is 1. The minimum atomic E-state index is -0.721. The molecule has 0 bridgehead atoms. The lowest BCUT2D eigenvalue weighted by molar-refractivity contribution is -0.140. The molecule has 35 heavy (non-hydrogen) atoms. The normalized spacial score (nSPS) is 17.0. The number of hydrogen-bond acceptors (Lipinski definition) is 5. The lowest BCUT2D eigenvalue weighted by atomic mass is 9.95. The van der Waals surface area contributed by atoms with Crippen molar-refractivity contribution in [2.75, 3.05) is 25.6 Å². The van der Waals surface area contributed by atoms with Crippen molar-refractivity contribution < 1.29 is 19.4 Å².